The SMILES string of the molecule is CC(C(=O)NC1CCCC1(C)CO)C1CCOCC1. The molecular formula is C15H27NO3. The van der Waals surface area contributed by atoms with Crippen molar-refractivity contribution in [1.82, 2.24) is 5.32 Å². The van der Waals surface area contributed by atoms with Crippen LogP contribution < -0.4 is 5.32 Å². The molecule has 1 saturated heterocycles. The standard InChI is InChI=1S/C15H27NO3/c1-11(12-5-8-19-9-6-12)14(18)16-13-4-3-7-15(13,2)10-17/h11-13,17H,3-10H2,1-2H3,(H,16,18). The number of hydrogen-bond acceptors (Lipinski definition) is 3. The summed E-state index contributed by atoms with van der Waals surface area (Å²) in [6, 6.07) is 0.132. The minimum absolute atomic E-state index is 0.0486. The fourth-order valence-corrected chi connectivity index (χ4v) is 3.40. The van der Waals surface area contributed by atoms with Crippen LogP contribution in [-0.2, 0) is 9.53 Å². The molecule has 0 radical (unpaired) electrons. The van der Waals surface area contributed by atoms with Crippen LogP contribution in [0.1, 0.15) is 46.0 Å². The highest BCUT2D eigenvalue weighted by atomic mass is 16.5. The van der Waals surface area contributed by atoms with Crippen LogP contribution >= 0.6 is 0 Å². The molecule has 2 fully saturated rings. The summed E-state index contributed by atoms with van der Waals surface area (Å²) in [6.45, 7) is 5.81. The van der Waals surface area contributed by atoms with E-state index in [0.29, 0.717) is 5.92 Å². The molecule has 0 aromatic rings. The van der Waals surface area contributed by atoms with Gasteiger partial charge in [0.1, 0.15) is 0 Å². The number of hydrogen-bond donors (Lipinski definition) is 2. The molecular weight excluding hydrogens is 242 g/mol. The Morgan fingerprint density at radius 2 is 2.11 bits per heavy atom. The molecule has 110 valence electrons. The summed E-state index contributed by atoms with van der Waals surface area (Å²) in [5, 5.41) is 12.7. The lowest BCUT2D eigenvalue weighted by Crippen LogP contribution is -2.47. The number of aliphatic hydroxyl groups is 1. The zero-order chi connectivity index (χ0) is 13.9. The number of aliphatic hydroxyl groups excluding tert-OH is 1. The Morgan fingerprint density at radius 3 is 2.74 bits per heavy atom. The summed E-state index contributed by atoms with van der Waals surface area (Å²) < 4.78 is 5.35. The maximum absolute atomic E-state index is 12.4. The third kappa shape index (κ3) is 3.29. The fourth-order valence-electron chi connectivity index (χ4n) is 3.40. The quantitative estimate of drug-likeness (QED) is 0.817. The number of carbonyl (C=O) groups excluding carboxylic acids is 1. The van der Waals surface area contributed by atoms with Gasteiger partial charge in [-0.05, 0) is 31.6 Å². The molecule has 1 aliphatic heterocycles. The molecule has 0 spiro atoms. The number of carbonyl (C=O) groups is 1. The Hall–Kier alpha value is -0.610. The largest absolute Gasteiger partial charge is 0.396 e. The van der Waals surface area contributed by atoms with Gasteiger partial charge >= 0.3 is 0 Å². The first-order chi connectivity index (χ1) is 9.07. The summed E-state index contributed by atoms with van der Waals surface area (Å²) in [4.78, 5) is 12.4. The van der Waals surface area contributed by atoms with Gasteiger partial charge in [-0.1, -0.05) is 20.3 Å². The van der Waals surface area contributed by atoms with E-state index in [1.165, 1.54) is 0 Å². The normalized spacial score (nSPS) is 34.2. The van der Waals surface area contributed by atoms with Crippen LogP contribution in [0.2, 0.25) is 0 Å². The van der Waals surface area contributed by atoms with E-state index < -0.39 is 0 Å². The maximum Gasteiger partial charge on any atom is 0.223 e. The van der Waals surface area contributed by atoms with Gasteiger partial charge in [0.2, 0.25) is 5.91 Å². The summed E-state index contributed by atoms with van der Waals surface area (Å²) in [5.41, 5.74) is -0.134. The van der Waals surface area contributed by atoms with Crippen molar-refractivity contribution in [1.29, 1.82) is 0 Å². The van der Waals surface area contributed by atoms with E-state index >= 15 is 0 Å². The molecule has 1 aliphatic carbocycles. The second-order valence-corrected chi connectivity index (χ2v) is 6.50. The topological polar surface area (TPSA) is 58.6 Å². The minimum Gasteiger partial charge on any atom is -0.396 e. The van der Waals surface area contributed by atoms with Crippen LogP contribution in [-0.4, -0.2) is 36.9 Å². The van der Waals surface area contributed by atoms with Crippen LogP contribution in [0.15, 0.2) is 0 Å². The molecule has 0 aromatic heterocycles. The summed E-state index contributed by atoms with van der Waals surface area (Å²) in [6.07, 6.45) is 5.05. The van der Waals surface area contributed by atoms with E-state index in [4.69, 9.17) is 4.74 Å². The van der Waals surface area contributed by atoms with Gasteiger partial charge in [-0.2, -0.15) is 0 Å². The van der Waals surface area contributed by atoms with E-state index in [2.05, 4.69) is 12.2 Å². The van der Waals surface area contributed by atoms with Crippen LogP contribution in [0.3, 0.4) is 0 Å². The lowest BCUT2D eigenvalue weighted by molar-refractivity contribution is -0.128. The van der Waals surface area contributed by atoms with Crippen LogP contribution in [0.25, 0.3) is 0 Å². The maximum atomic E-state index is 12.4. The summed E-state index contributed by atoms with van der Waals surface area (Å²) in [5.74, 6) is 0.640. The predicted octanol–water partition coefficient (Wildman–Crippen LogP) is 1.72. The van der Waals surface area contributed by atoms with Gasteiger partial charge in [0.15, 0.2) is 0 Å². The number of ether oxygens (including phenoxy) is 1. The van der Waals surface area contributed by atoms with Gasteiger partial charge in [-0.3, -0.25) is 4.79 Å². The highest BCUT2D eigenvalue weighted by Gasteiger charge is 2.40. The molecule has 4 heteroatoms. The van der Waals surface area contributed by atoms with Crippen molar-refractivity contribution in [2.75, 3.05) is 19.8 Å². The van der Waals surface area contributed by atoms with Crippen LogP contribution in [0.5, 0.6) is 0 Å². The zero-order valence-corrected chi connectivity index (χ0v) is 12.2. The van der Waals surface area contributed by atoms with Gasteiger partial charge in [0.25, 0.3) is 0 Å². The van der Waals surface area contributed by atoms with Crippen LogP contribution in [0, 0.1) is 17.3 Å². The van der Waals surface area contributed by atoms with Gasteiger partial charge in [0.05, 0.1) is 6.61 Å². The molecule has 2 rings (SSSR count). The first kappa shape index (κ1) is 14.8. The van der Waals surface area contributed by atoms with Gasteiger partial charge in [-0.15, -0.1) is 0 Å². The number of nitrogens with one attached hydrogen (secondary N) is 1. The molecule has 0 bridgehead atoms. The Bertz CT molecular complexity index is 315. The van der Waals surface area contributed by atoms with E-state index in [1.807, 2.05) is 6.92 Å². The first-order valence-corrected chi connectivity index (χ1v) is 7.56. The van der Waals surface area contributed by atoms with E-state index in [9.17, 15) is 9.90 Å². The molecule has 4 nitrogen and oxygen atoms in total. The monoisotopic (exact) mass is 269 g/mol. The lowest BCUT2D eigenvalue weighted by Gasteiger charge is -2.33. The summed E-state index contributed by atoms with van der Waals surface area (Å²) >= 11 is 0. The van der Waals surface area contributed by atoms with Crippen molar-refractivity contribution in [2.24, 2.45) is 17.3 Å². The minimum atomic E-state index is -0.134. The van der Waals surface area contributed by atoms with Crippen LogP contribution in [0.4, 0.5) is 0 Å². The molecule has 1 saturated carbocycles. The fraction of sp³-hybridized carbons (Fsp3) is 0.933. The van der Waals surface area contributed by atoms with Crippen molar-refractivity contribution in [3.05, 3.63) is 0 Å². The van der Waals surface area contributed by atoms with Crippen molar-refractivity contribution < 1.29 is 14.6 Å². The Kier molecular flexibility index (Phi) is 4.85. The Balaban J connectivity index is 1.89. The van der Waals surface area contributed by atoms with Gasteiger partial charge < -0.3 is 15.2 Å². The van der Waals surface area contributed by atoms with Crippen molar-refractivity contribution in [3.8, 4) is 0 Å². The second kappa shape index (κ2) is 6.23. The third-order valence-corrected chi connectivity index (χ3v) is 5.15. The average Bonchev–Trinajstić information content (AvgIpc) is 2.81. The molecule has 3 unspecified atom stereocenters. The average molecular weight is 269 g/mol. The van der Waals surface area contributed by atoms with Gasteiger partial charge in [-0.25, -0.2) is 0 Å². The first-order valence-electron chi connectivity index (χ1n) is 7.56. The highest BCUT2D eigenvalue weighted by Crippen LogP contribution is 2.37. The molecule has 2 aliphatic rings. The Labute approximate surface area is 115 Å². The van der Waals surface area contributed by atoms with Gasteiger partial charge in [0, 0.05) is 30.6 Å². The zero-order valence-electron chi connectivity index (χ0n) is 12.2. The third-order valence-electron chi connectivity index (χ3n) is 5.15. The van der Waals surface area contributed by atoms with Crippen molar-refractivity contribution >= 4 is 5.91 Å². The highest BCUT2D eigenvalue weighted by molar-refractivity contribution is 5.79. The Morgan fingerprint density at radius 1 is 1.42 bits per heavy atom. The van der Waals surface area contributed by atoms with E-state index in [1.54, 1.807) is 0 Å². The molecule has 2 N–H and O–H groups in total. The van der Waals surface area contributed by atoms with E-state index in [0.717, 1.165) is 45.3 Å². The number of amides is 1. The summed E-state index contributed by atoms with van der Waals surface area (Å²) in [7, 11) is 0. The molecule has 1 heterocycles. The second-order valence-electron chi connectivity index (χ2n) is 6.50. The van der Waals surface area contributed by atoms with E-state index in [-0.39, 0.29) is 29.9 Å². The van der Waals surface area contributed by atoms with Crippen molar-refractivity contribution in [2.45, 2.75) is 52.0 Å². The predicted molar refractivity (Wildman–Crippen MR) is 73.7 cm³/mol. The smallest absolute Gasteiger partial charge is 0.223 e. The molecule has 0 aromatic carbocycles. The molecule has 19 heavy (non-hydrogen) atoms. The molecule has 3 atom stereocenters. The molecule has 1 amide bonds. The van der Waals surface area contributed by atoms with Crippen molar-refractivity contribution in [3.63, 3.8) is 0 Å². The lowest BCUT2D eigenvalue weighted by atomic mass is 9.83. The number of rotatable bonds is 4.